The highest BCUT2D eigenvalue weighted by atomic mass is 16.6. The molecule has 17 heavy (non-hydrogen) atoms. The molecule has 1 heterocycles. The molecule has 0 aromatic rings. The highest BCUT2D eigenvalue weighted by Crippen LogP contribution is 2.13. The first-order valence-electron chi connectivity index (χ1n) is 5.97. The van der Waals surface area contributed by atoms with E-state index in [9.17, 15) is 9.59 Å². The summed E-state index contributed by atoms with van der Waals surface area (Å²) in [4.78, 5) is 24.6. The summed E-state index contributed by atoms with van der Waals surface area (Å²) in [6.07, 6.45) is 3.16. The van der Waals surface area contributed by atoms with Crippen LogP contribution in [0.25, 0.3) is 0 Å². The summed E-state index contributed by atoms with van der Waals surface area (Å²) in [6, 6.07) is 0. The van der Waals surface area contributed by atoms with E-state index in [1.54, 1.807) is 0 Å². The summed E-state index contributed by atoms with van der Waals surface area (Å²) in [7, 11) is 0. The number of ether oxygens (including phenoxy) is 1. The smallest absolute Gasteiger partial charge is 0.410 e. The Balaban J connectivity index is 2.52. The third-order valence-electron chi connectivity index (χ3n) is 2.69. The summed E-state index contributed by atoms with van der Waals surface area (Å²) >= 11 is 0. The maximum atomic E-state index is 11.7. The number of aliphatic hydroxyl groups excluding tert-OH is 1. The van der Waals surface area contributed by atoms with E-state index in [4.69, 9.17) is 9.84 Å². The monoisotopic (exact) mass is 241 g/mol. The number of rotatable bonds is 3. The lowest BCUT2D eigenvalue weighted by Crippen LogP contribution is -2.33. The molecular formula is C12H19NO4. The van der Waals surface area contributed by atoms with Gasteiger partial charge in [0.1, 0.15) is 0 Å². The minimum atomic E-state index is -0.410. The van der Waals surface area contributed by atoms with E-state index in [2.05, 4.69) is 0 Å². The summed E-state index contributed by atoms with van der Waals surface area (Å²) in [5.41, 5.74) is 0.273. The molecule has 5 heteroatoms. The van der Waals surface area contributed by atoms with Gasteiger partial charge in [0.15, 0.2) is 5.78 Å². The lowest BCUT2D eigenvalue weighted by molar-refractivity contribution is -0.115. The maximum Gasteiger partial charge on any atom is 0.410 e. The molecule has 0 atom stereocenters. The van der Waals surface area contributed by atoms with Gasteiger partial charge in [-0.2, -0.15) is 0 Å². The number of Topliss-reactive ketones (excluding diaryl/α,β-unsaturated/α-hetero) is 1. The van der Waals surface area contributed by atoms with Gasteiger partial charge in [0.2, 0.25) is 0 Å². The zero-order valence-electron chi connectivity index (χ0n) is 10.1. The lowest BCUT2D eigenvalue weighted by atomic mass is 10.1. The Bertz CT molecular complexity index is 312. The van der Waals surface area contributed by atoms with Gasteiger partial charge in [-0.25, -0.2) is 4.79 Å². The molecule has 1 saturated heterocycles. The van der Waals surface area contributed by atoms with E-state index < -0.39 is 6.09 Å². The number of likely N-dealkylation sites (tertiary alicyclic amines) is 1. The van der Waals surface area contributed by atoms with Crippen molar-refractivity contribution in [2.75, 3.05) is 19.7 Å². The molecule has 1 rings (SSSR count). The molecule has 0 aromatic heterocycles. The molecule has 1 fully saturated rings. The van der Waals surface area contributed by atoms with Gasteiger partial charge in [-0.15, -0.1) is 0 Å². The molecule has 1 aliphatic heterocycles. The van der Waals surface area contributed by atoms with Crippen LogP contribution >= 0.6 is 0 Å². The van der Waals surface area contributed by atoms with Crippen LogP contribution < -0.4 is 0 Å². The van der Waals surface area contributed by atoms with Crippen molar-refractivity contribution in [3.63, 3.8) is 0 Å². The van der Waals surface area contributed by atoms with Gasteiger partial charge in [-0.05, 0) is 12.8 Å². The third kappa shape index (κ3) is 4.09. The zero-order chi connectivity index (χ0) is 12.7. The largest absolute Gasteiger partial charge is 0.515 e. The summed E-state index contributed by atoms with van der Waals surface area (Å²) in [5, 5.41) is 8.94. The second kappa shape index (κ2) is 6.93. The van der Waals surface area contributed by atoms with Crippen LogP contribution in [0.5, 0.6) is 0 Å². The number of carbonyl (C=O) groups is 2. The number of hydrogen-bond acceptors (Lipinski definition) is 4. The van der Waals surface area contributed by atoms with Crippen LogP contribution in [0.4, 0.5) is 4.79 Å². The second-order valence-electron chi connectivity index (χ2n) is 4.07. The first-order valence-corrected chi connectivity index (χ1v) is 5.97. The molecular weight excluding hydrogens is 222 g/mol. The Morgan fingerprint density at radius 1 is 1.59 bits per heavy atom. The number of unbranched alkanes of at least 4 members (excludes halogenated alkanes) is 1. The Morgan fingerprint density at radius 3 is 3.00 bits per heavy atom. The van der Waals surface area contributed by atoms with Crippen LogP contribution in [0.3, 0.4) is 0 Å². The molecule has 0 bridgehead atoms. The number of nitrogens with zero attached hydrogens (tertiary/aromatic N) is 1. The first-order chi connectivity index (χ1) is 8.19. The van der Waals surface area contributed by atoms with Crippen LogP contribution in [0.1, 0.15) is 32.6 Å². The van der Waals surface area contributed by atoms with Crippen LogP contribution in [0.15, 0.2) is 11.8 Å². The van der Waals surface area contributed by atoms with Gasteiger partial charge >= 0.3 is 6.09 Å². The molecule has 1 amide bonds. The van der Waals surface area contributed by atoms with Crippen molar-refractivity contribution in [1.29, 1.82) is 0 Å². The van der Waals surface area contributed by atoms with Crippen LogP contribution in [0, 0.1) is 0 Å². The molecule has 96 valence electrons. The van der Waals surface area contributed by atoms with Gasteiger partial charge in [-0.3, -0.25) is 4.79 Å². The Labute approximate surface area is 101 Å². The predicted octanol–water partition coefficient (Wildman–Crippen LogP) is 2.03. The molecule has 0 aliphatic carbocycles. The number of hydrogen-bond donors (Lipinski definition) is 1. The number of ketones is 1. The first kappa shape index (κ1) is 13.5. The number of amides is 1. The minimum Gasteiger partial charge on any atom is -0.515 e. The van der Waals surface area contributed by atoms with Crippen molar-refractivity contribution in [3.05, 3.63) is 11.8 Å². The SMILES string of the molecule is CCCCOC(=O)N1CCCC(=O)/C(=C/O)C1. The van der Waals surface area contributed by atoms with E-state index in [-0.39, 0.29) is 17.9 Å². The van der Waals surface area contributed by atoms with Crippen molar-refractivity contribution in [2.24, 2.45) is 0 Å². The summed E-state index contributed by atoms with van der Waals surface area (Å²) in [5.74, 6) is -0.101. The molecule has 5 nitrogen and oxygen atoms in total. The van der Waals surface area contributed by atoms with Crippen LogP contribution in [0.2, 0.25) is 0 Å². The van der Waals surface area contributed by atoms with Crippen molar-refractivity contribution in [2.45, 2.75) is 32.6 Å². The van der Waals surface area contributed by atoms with Gasteiger partial charge in [0.05, 0.1) is 19.4 Å². The Kier molecular flexibility index (Phi) is 5.52. The average Bonchev–Trinajstić information content (AvgIpc) is 2.51. The van der Waals surface area contributed by atoms with E-state index in [1.807, 2.05) is 6.92 Å². The molecule has 0 spiro atoms. The normalized spacial score (nSPS) is 19.2. The van der Waals surface area contributed by atoms with Gasteiger partial charge < -0.3 is 14.7 Å². The topological polar surface area (TPSA) is 66.8 Å². The van der Waals surface area contributed by atoms with Gasteiger partial charge in [-0.1, -0.05) is 13.3 Å². The van der Waals surface area contributed by atoms with Crippen molar-refractivity contribution in [1.82, 2.24) is 4.90 Å². The van der Waals surface area contributed by atoms with E-state index >= 15 is 0 Å². The minimum absolute atomic E-state index is 0.101. The number of aliphatic hydroxyl groups is 1. The van der Waals surface area contributed by atoms with Crippen LogP contribution in [-0.2, 0) is 9.53 Å². The Hall–Kier alpha value is -1.52. The standard InChI is InChI=1S/C12H19NO4/c1-2-3-7-17-12(16)13-6-4-5-11(15)10(8-13)9-14/h9,14H,2-8H2,1H3/b10-9+. The highest BCUT2D eigenvalue weighted by Gasteiger charge is 2.23. The fourth-order valence-corrected chi connectivity index (χ4v) is 1.63. The predicted molar refractivity (Wildman–Crippen MR) is 62.8 cm³/mol. The molecule has 0 unspecified atom stereocenters. The molecule has 0 radical (unpaired) electrons. The lowest BCUT2D eigenvalue weighted by Gasteiger charge is -2.19. The maximum absolute atomic E-state index is 11.7. The van der Waals surface area contributed by atoms with Crippen LogP contribution in [-0.4, -0.2) is 41.6 Å². The van der Waals surface area contributed by atoms with Crippen molar-refractivity contribution >= 4 is 11.9 Å². The molecule has 0 saturated carbocycles. The molecule has 1 N–H and O–H groups in total. The highest BCUT2D eigenvalue weighted by molar-refractivity contribution is 5.96. The Morgan fingerprint density at radius 2 is 2.35 bits per heavy atom. The van der Waals surface area contributed by atoms with E-state index in [0.29, 0.717) is 26.0 Å². The number of carbonyl (C=O) groups excluding carboxylic acids is 2. The van der Waals surface area contributed by atoms with Gasteiger partial charge in [0.25, 0.3) is 0 Å². The molecule has 0 aromatic carbocycles. The van der Waals surface area contributed by atoms with E-state index in [0.717, 1.165) is 19.1 Å². The fourth-order valence-electron chi connectivity index (χ4n) is 1.63. The van der Waals surface area contributed by atoms with Gasteiger partial charge in [0, 0.05) is 18.5 Å². The summed E-state index contributed by atoms with van der Waals surface area (Å²) < 4.78 is 5.07. The van der Waals surface area contributed by atoms with Crippen molar-refractivity contribution < 1.29 is 19.4 Å². The average molecular weight is 241 g/mol. The van der Waals surface area contributed by atoms with Crippen molar-refractivity contribution in [3.8, 4) is 0 Å². The zero-order valence-corrected chi connectivity index (χ0v) is 10.1. The quantitative estimate of drug-likeness (QED) is 0.466. The fraction of sp³-hybridized carbons (Fsp3) is 0.667. The second-order valence-corrected chi connectivity index (χ2v) is 4.07. The van der Waals surface area contributed by atoms with E-state index in [1.165, 1.54) is 4.90 Å². The summed E-state index contributed by atoms with van der Waals surface area (Å²) in [6.45, 7) is 3.05. The molecule has 1 aliphatic rings. The third-order valence-corrected chi connectivity index (χ3v) is 2.69.